The van der Waals surface area contributed by atoms with Gasteiger partial charge in [-0.05, 0) is 164 Å². The molecule has 0 spiro atoms. The SMILES string of the molecule is [2H]C1=C(C2=C([2H])C([2H])=C(C(F)(F)F)C(C)C2[2H])C([2H])C([2H])C(C([2H])([2H])N(CCN(C([2H])([2H])C)C([2H])([2H])C)C(=O)C([2H])([2H])n2c(SC([2H])([2H])c3c([2H])c([2H])c(F)c([2H])c3[2H])nc(=O)c3c2CCC3)=C1[2H].[2H]c1c([2H])c(C([2H])([2H])Sc2nc(=O)c3c(n2C([2H])([2H])C(=O)N(CCN(C([2H])([2H])C)C([2H])([2H])C)C([2H])([2H])c2ccc(-c4ccc(C(F)(F)F)cc4)cc2)C([2H])([2H])C([2H])(C)C3([2H])[2H])c([2H])c([2H])c1F. The Hall–Kier alpha value is -7.40. The number of nitrogens with zero attached hydrogens (tertiary/aromatic N) is 8. The van der Waals surface area contributed by atoms with Crippen molar-refractivity contribution in [3.05, 3.63) is 220 Å². The number of rotatable bonds is 26. The van der Waals surface area contributed by atoms with E-state index < -0.39 is 331 Å². The van der Waals surface area contributed by atoms with Gasteiger partial charge in [0, 0.05) is 106 Å². The van der Waals surface area contributed by atoms with E-state index >= 15 is 9.59 Å². The monoisotopic (exact) mass is 1400 g/mol. The quantitative estimate of drug-likeness (QED) is 0.0295. The van der Waals surface area contributed by atoms with E-state index in [4.69, 9.17) is 43.9 Å². The number of hydrogen-bond donors (Lipinski definition) is 0. The van der Waals surface area contributed by atoms with Gasteiger partial charge in [-0.25, -0.2) is 8.78 Å². The van der Waals surface area contributed by atoms with Gasteiger partial charge in [-0.3, -0.25) is 19.2 Å². The molecule has 6 aromatic rings. The smallest absolute Gasteiger partial charge is 0.336 e. The number of alkyl halides is 6. The molecule has 0 bridgehead atoms. The molecule has 0 saturated carbocycles. The Bertz CT molecular complexity index is 5950. The number of amides is 2. The topological polar surface area (TPSA) is 117 Å². The Morgan fingerprint density at radius 3 is 1.62 bits per heavy atom. The average molecular weight is 1410 g/mol. The first-order valence-corrected chi connectivity index (χ1v) is 30.3. The van der Waals surface area contributed by atoms with Crippen LogP contribution in [0.3, 0.4) is 0 Å². The fraction of sp³-hybridized carbons (Fsp3) is 0.432. The number of allylic oxidation sites excluding steroid dienone is 7. The molecule has 0 fully saturated rings. The van der Waals surface area contributed by atoms with Crippen LogP contribution in [0, 0.1) is 23.4 Å². The summed E-state index contributed by atoms with van der Waals surface area (Å²) in [6.07, 6.45) is -23.8. The third kappa shape index (κ3) is 19.2. The van der Waals surface area contributed by atoms with E-state index in [1.807, 2.05) is 0 Å². The van der Waals surface area contributed by atoms with Crippen molar-refractivity contribution in [2.45, 2.75) is 146 Å². The Morgan fingerprint density at radius 2 is 1.10 bits per heavy atom. The Morgan fingerprint density at radius 1 is 0.604 bits per heavy atom. The first-order valence-electron chi connectivity index (χ1n) is 48.9. The molecular formula is C74H84F8N8O4S2. The molecule has 22 heteroatoms. The van der Waals surface area contributed by atoms with Gasteiger partial charge in [0.15, 0.2) is 10.3 Å². The number of aromatic nitrogens is 4. The Kier molecular flexibility index (Phi) is 12.6. The lowest BCUT2D eigenvalue weighted by atomic mass is 9.82. The number of carbonyl (C=O) groups is 2. The zero-order chi connectivity index (χ0) is 104. The maximum Gasteiger partial charge on any atom is 0.416 e. The van der Waals surface area contributed by atoms with Crippen molar-refractivity contribution >= 4 is 35.3 Å². The fourth-order valence-corrected chi connectivity index (χ4v) is 10.6. The first kappa shape index (κ1) is 36.4. The first-order chi connectivity index (χ1) is 61.3. The molecule has 96 heavy (non-hydrogen) atoms. The maximum absolute atomic E-state index is 15.1. The van der Waals surface area contributed by atoms with E-state index in [1.165, 1.54) is 12.1 Å². The summed E-state index contributed by atoms with van der Waals surface area (Å²) in [6, 6.07) is -7.06. The van der Waals surface area contributed by atoms with Crippen LogP contribution in [0.25, 0.3) is 11.1 Å². The van der Waals surface area contributed by atoms with Crippen molar-refractivity contribution in [3.63, 3.8) is 0 Å². The fourth-order valence-electron chi connectivity index (χ4n) is 9.31. The van der Waals surface area contributed by atoms with Crippen molar-refractivity contribution in [3.8, 4) is 11.1 Å². The molecule has 12 nitrogen and oxygen atoms in total. The van der Waals surface area contributed by atoms with Gasteiger partial charge in [0.25, 0.3) is 11.1 Å². The molecule has 2 aromatic heterocycles. The molecule has 2 amide bonds. The summed E-state index contributed by atoms with van der Waals surface area (Å²) in [5.74, 6) is -12.3. The van der Waals surface area contributed by atoms with Gasteiger partial charge in [0.2, 0.25) is 11.8 Å². The third-order valence-corrected chi connectivity index (χ3v) is 15.6. The number of benzene rings is 4. The summed E-state index contributed by atoms with van der Waals surface area (Å²) in [6.45, 7) is -24.2. The van der Waals surface area contributed by atoms with Crippen LogP contribution in [0.1, 0.15) is 167 Å². The third-order valence-electron chi connectivity index (χ3n) is 14.0. The van der Waals surface area contributed by atoms with Gasteiger partial charge in [-0.1, -0.05) is 155 Å². The highest BCUT2D eigenvalue weighted by atomic mass is 32.2. The van der Waals surface area contributed by atoms with Crippen LogP contribution >= 0.6 is 23.5 Å². The van der Waals surface area contributed by atoms with E-state index in [1.54, 1.807) is 0 Å². The minimum absolute atomic E-state index is 0.00956. The van der Waals surface area contributed by atoms with Crippen molar-refractivity contribution < 1.29 is 99.5 Å². The van der Waals surface area contributed by atoms with Crippen molar-refractivity contribution in [1.29, 1.82) is 0 Å². The highest BCUT2D eigenvalue weighted by Gasteiger charge is 2.38. The zero-order valence-corrected chi connectivity index (χ0v) is 53.1. The minimum atomic E-state index is -5.18. The zero-order valence-electron chi connectivity index (χ0n) is 91.4. The van der Waals surface area contributed by atoms with Crippen molar-refractivity contribution in [1.82, 2.24) is 38.7 Å². The second-order valence-corrected chi connectivity index (χ2v) is 21.9. The van der Waals surface area contributed by atoms with Crippen LogP contribution in [-0.4, -0.2) is 115 Å². The molecule has 0 saturated heterocycles. The Balaban J connectivity index is 0.000000305. The van der Waals surface area contributed by atoms with Gasteiger partial charge < -0.3 is 28.7 Å². The van der Waals surface area contributed by atoms with E-state index in [0.29, 0.717) is 21.3 Å². The second-order valence-electron chi connectivity index (χ2n) is 20.4. The van der Waals surface area contributed by atoms with Gasteiger partial charge in [-0.2, -0.15) is 36.3 Å². The normalized spacial score (nSPS) is 28.2. The molecule has 4 aliphatic rings. The minimum Gasteiger partial charge on any atom is -0.336 e. The van der Waals surface area contributed by atoms with Crippen LogP contribution < -0.4 is 11.1 Å². The summed E-state index contributed by atoms with van der Waals surface area (Å²) in [4.78, 5) is 66.0. The van der Waals surface area contributed by atoms with Gasteiger partial charge in [0.1, 0.15) is 24.6 Å². The molecule has 0 radical (unpaired) electrons. The highest BCUT2D eigenvalue weighted by molar-refractivity contribution is 7.98. The maximum atomic E-state index is 15.1. The predicted molar refractivity (Wildman–Crippen MR) is 363 cm³/mol. The number of hydrogen-bond acceptors (Lipinski definition) is 10. The van der Waals surface area contributed by atoms with E-state index in [-0.39, 0.29) is 67.8 Å². The summed E-state index contributed by atoms with van der Waals surface area (Å²) in [5.41, 5.74) is -20.4. The molecule has 0 N–H and O–H groups in total. The molecule has 10 rings (SSSR count). The molecule has 2 heterocycles. The van der Waals surface area contributed by atoms with Crippen LogP contribution in [0.5, 0.6) is 0 Å². The molecule has 5 unspecified atom stereocenters. The number of fused-ring (bicyclic) bond motifs is 2. The Labute approximate surface area is 621 Å². The van der Waals surface area contributed by atoms with Crippen LogP contribution in [-0.2, 0) is 72.3 Å². The summed E-state index contributed by atoms with van der Waals surface area (Å²) < 4.78 is 458. The van der Waals surface area contributed by atoms with Crippen LogP contribution in [0.4, 0.5) is 35.1 Å². The molecule has 512 valence electrons. The van der Waals surface area contributed by atoms with E-state index in [0.717, 1.165) is 71.0 Å². The largest absolute Gasteiger partial charge is 0.416 e. The summed E-state index contributed by atoms with van der Waals surface area (Å²) >= 11 is -0.627. The van der Waals surface area contributed by atoms with E-state index in [9.17, 15) is 55.7 Å². The molecule has 4 aromatic carbocycles. The summed E-state index contributed by atoms with van der Waals surface area (Å²) in [5, 5.41) is -2.36. The lowest BCUT2D eigenvalue weighted by Gasteiger charge is -2.30. The predicted octanol–water partition coefficient (Wildman–Crippen LogP) is 14.9. The molecule has 0 aliphatic heterocycles. The number of thioether (sulfide) groups is 2. The number of carbonyl (C=O) groups excluding carboxylic acids is 2. The van der Waals surface area contributed by atoms with Gasteiger partial charge in [-0.15, -0.1) is 0 Å². The highest BCUT2D eigenvalue weighted by Crippen LogP contribution is 2.41. The second kappa shape index (κ2) is 33.2. The van der Waals surface area contributed by atoms with Crippen LogP contribution in [0.15, 0.2) is 163 Å². The van der Waals surface area contributed by atoms with Gasteiger partial charge in [0.05, 0.1) is 33.0 Å². The van der Waals surface area contributed by atoms with Crippen molar-refractivity contribution in [2.24, 2.45) is 11.8 Å². The standard InChI is InChI=1S/C37H40F4N4O2S.C37H44F4N4O2S/c1-4-43(5-2)18-19-44(22-26-6-10-28(11-7-26)29-12-14-30(15-13-29)37(39,40)41)34(46)23-45-33-21-25(3)20-32(33)35(47)42-36(45)48-24-27-8-16-31(38)17-9-27;1-4-43(5-2)19-20-44(22-26-9-13-28(14-10-26)29-15-18-32(25(3)21-29)37(39,40)41)34(46)23-45-33-8-6-7-31(33)35(47)42-36(45)48-24-27-11-16-30(38)17-12-27/h6-17,25H,4-5,18-24H2,1-3H3;9,11-13,15-18,25H,4-8,10,14,19-24H2,1-3H3/i4D2,5D2,8D,9D,16D,17D,20D2,21D2,22D2,23D2,24D2,25D;4D2,5D2,9D,10D,11D,12D,13D,14D,15D,16D,17D,18D,21D,22D2,23D2,24D2. The molecule has 5 atom stereocenters. The lowest BCUT2D eigenvalue weighted by Crippen LogP contribution is -2.42. The number of likely N-dealkylation sites (N-methyl/N-ethyl adjacent to an activating group) is 2. The van der Waals surface area contributed by atoms with E-state index in [2.05, 4.69) is 9.97 Å². The molecular weight excluding hydrogens is 1280 g/mol. The van der Waals surface area contributed by atoms with Crippen LogP contribution in [0.2, 0.25) is 0 Å². The number of halogens is 8. The van der Waals surface area contributed by atoms with Gasteiger partial charge >= 0.3 is 12.4 Å². The molecule has 4 aliphatic carbocycles. The average Bonchev–Trinajstić information content (AvgIpc) is 1.51. The van der Waals surface area contributed by atoms with Crippen molar-refractivity contribution in [2.75, 3.05) is 58.7 Å². The lowest BCUT2D eigenvalue weighted by molar-refractivity contribution is -0.137. The summed E-state index contributed by atoms with van der Waals surface area (Å²) in [7, 11) is 0.